The van der Waals surface area contributed by atoms with E-state index >= 15 is 0 Å². The van der Waals surface area contributed by atoms with Gasteiger partial charge in [0.15, 0.2) is 0 Å². The largest absolute Gasteiger partial charge is 0.452 e. The molecule has 6 aromatic rings. The zero-order valence-electron chi connectivity index (χ0n) is 29.5. The second kappa shape index (κ2) is 17.3. The fourth-order valence-electron chi connectivity index (χ4n) is 6.87. The van der Waals surface area contributed by atoms with Crippen molar-refractivity contribution in [2.45, 2.75) is 48.3 Å². The molecule has 0 saturated carbocycles. The van der Waals surface area contributed by atoms with Crippen LogP contribution in [-0.2, 0) is 20.7 Å². The van der Waals surface area contributed by atoms with Gasteiger partial charge in [0.25, 0.3) is 5.22 Å². The molecule has 2 amide bonds. The number of nitrogens with two attached hydrogens (primary N) is 1. The standard InChI is InChI=1S/C40H40N8O5S/c1-51-40(50)48(35(36(41)49)33(27-11-4-2-5-12-27)28-13-6-3-7-14-28)31-15-9-8-10-26(31)16-17-30-24-45-34(37-43-22-23-44-37)32(52-30)25-54-39-47-46-38(53-39)29-18-20-42-21-19-29/h2-15,18-23,30,32-35,45H,16-17,24-25H2,1H3,(H2,41,49)(H,43,44)/t30-,32-,34+,35+/m1/s1. The van der Waals surface area contributed by atoms with E-state index in [1.807, 2.05) is 97.1 Å². The highest BCUT2D eigenvalue weighted by Gasteiger charge is 2.40. The predicted molar refractivity (Wildman–Crippen MR) is 204 cm³/mol. The zero-order valence-corrected chi connectivity index (χ0v) is 30.3. The van der Waals surface area contributed by atoms with E-state index in [4.69, 9.17) is 19.6 Å². The third-order valence-electron chi connectivity index (χ3n) is 9.38. The van der Waals surface area contributed by atoms with Gasteiger partial charge in [-0.2, -0.15) is 0 Å². The summed E-state index contributed by atoms with van der Waals surface area (Å²) < 4.78 is 18.0. The number of methoxy groups -OCH3 is 1. The van der Waals surface area contributed by atoms with E-state index in [1.54, 1.807) is 24.8 Å². The van der Waals surface area contributed by atoms with Crippen LogP contribution in [0.25, 0.3) is 11.5 Å². The number of pyridine rings is 1. The topological polar surface area (TPSA) is 174 Å². The molecule has 3 aromatic carbocycles. The van der Waals surface area contributed by atoms with Crippen LogP contribution in [0.3, 0.4) is 0 Å². The summed E-state index contributed by atoms with van der Waals surface area (Å²) in [5, 5.41) is 12.5. The number of carbonyl (C=O) groups excluding carboxylic acids is 2. The molecule has 0 bridgehead atoms. The molecule has 0 radical (unpaired) electrons. The van der Waals surface area contributed by atoms with Crippen molar-refractivity contribution in [3.05, 3.63) is 144 Å². The van der Waals surface area contributed by atoms with Crippen molar-refractivity contribution in [3.8, 4) is 11.5 Å². The summed E-state index contributed by atoms with van der Waals surface area (Å²) in [6.45, 7) is 0.566. The van der Waals surface area contributed by atoms with Gasteiger partial charge in [-0.15, -0.1) is 10.2 Å². The quantitative estimate of drug-likeness (QED) is 0.113. The number of amides is 2. The maximum atomic E-state index is 13.8. The van der Waals surface area contributed by atoms with Gasteiger partial charge in [-0.25, -0.2) is 9.78 Å². The SMILES string of the molecule is COC(=O)N(c1ccccc1CC[C@@H]1CN[C@H](c2ncc[nH]2)[C@@H](CSc2nnc(-c3ccncc3)o2)O1)[C@H](C(N)=O)C(c1ccccc1)c1ccccc1. The molecule has 1 saturated heterocycles. The van der Waals surface area contributed by atoms with Crippen molar-refractivity contribution in [1.82, 2.24) is 30.5 Å². The number of anilines is 1. The molecule has 3 aromatic heterocycles. The molecule has 4 heterocycles. The van der Waals surface area contributed by atoms with Gasteiger partial charge in [-0.3, -0.25) is 14.7 Å². The van der Waals surface area contributed by atoms with E-state index in [9.17, 15) is 9.59 Å². The van der Waals surface area contributed by atoms with E-state index in [0.29, 0.717) is 41.9 Å². The fourth-order valence-corrected chi connectivity index (χ4v) is 7.69. The third-order valence-corrected chi connectivity index (χ3v) is 10.3. The Hall–Kier alpha value is -5.83. The van der Waals surface area contributed by atoms with Crippen LogP contribution in [0.5, 0.6) is 0 Å². The molecule has 54 heavy (non-hydrogen) atoms. The van der Waals surface area contributed by atoms with Crippen LogP contribution in [0.1, 0.15) is 40.9 Å². The van der Waals surface area contributed by atoms with Crippen LogP contribution in [0, 0.1) is 0 Å². The summed E-state index contributed by atoms with van der Waals surface area (Å²) in [5.74, 6) is 0.468. The fraction of sp³-hybridized carbons (Fsp3) is 0.250. The second-order valence-corrected chi connectivity index (χ2v) is 13.7. The summed E-state index contributed by atoms with van der Waals surface area (Å²) in [6.07, 6.45) is 6.83. The first-order valence-corrected chi connectivity index (χ1v) is 18.6. The Kier molecular flexibility index (Phi) is 11.7. The molecule has 4 atom stereocenters. The van der Waals surface area contributed by atoms with Gasteiger partial charge in [0.2, 0.25) is 11.8 Å². The van der Waals surface area contributed by atoms with Crippen molar-refractivity contribution >= 4 is 29.4 Å². The number of aromatic nitrogens is 5. The lowest BCUT2D eigenvalue weighted by Crippen LogP contribution is -2.52. The van der Waals surface area contributed by atoms with Crippen molar-refractivity contribution in [2.75, 3.05) is 24.3 Å². The lowest BCUT2D eigenvalue weighted by atomic mass is 9.83. The molecule has 14 heteroatoms. The van der Waals surface area contributed by atoms with Gasteiger partial charge in [-0.1, -0.05) is 90.6 Å². The number of carbonyl (C=O) groups is 2. The van der Waals surface area contributed by atoms with Gasteiger partial charge in [0.1, 0.15) is 11.9 Å². The highest BCUT2D eigenvalue weighted by Crippen LogP contribution is 2.36. The summed E-state index contributed by atoms with van der Waals surface area (Å²) in [4.78, 5) is 40.5. The van der Waals surface area contributed by atoms with Crippen LogP contribution in [0.4, 0.5) is 10.5 Å². The third kappa shape index (κ3) is 8.36. The number of thioether (sulfide) groups is 1. The molecule has 0 spiro atoms. The minimum atomic E-state index is -1.10. The van der Waals surface area contributed by atoms with E-state index in [1.165, 1.54) is 23.8 Å². The molecule has 4 N–H and O–H groups in total. The molecule has 13 nitrogen and oxygen atoms in total. The number of primary amides is 1. The summed E-state index contributed by atoms with van der Waals surface area (Å²) in [7, 11) is 1.30. The number of rotatable bonds is 14. The zero-order chi connectivity index (χ0) is 37.3. The molecule has 7 rings (SSSR count). The monoisotopic (exact) mass is 744 g/mol. The molecule has 1 aliphatic heterocycles. The molecule has 0 unspecified atom stereocenters. The number of nitrogens with zero attached hydrogens (tertiary/aromatic N) is 5. The number of hydrogen-bond donors (Lipinski definition) is 3. The Morgan fingerprint density at radius 3 is 2.31 bits per heavy atom. The van der Waals surface area contributed by atoms with Gasteiger partial charge in [0, 0.05) is 48.6 Å². The van der Waals surface area contributed by atoms with Gasteiger partial charge >= 0.3 is 6.09 Å². The van der Waals surface area contributed by atoms with Crippen molar-refractivity contribution in [1.29, 1.82) is 0 Å². The predicted octanol–water partition coefficient (Wildman–Crippen LogP) is 5.94. The first kappa shape index (κ1) is 36.5. The molecule has 276 valence electrons. The first-order chi connectivity index (χ1) is 26.5. The average molecular weight is 745 g/mol. The molecular formula is C40H40N8O5S. The minimum absolute atomic E-state index is 0.190. The van der Waals surface area contributed by atoms with Gasteiger partial charge in [-0.05, 0) is 47.7 Å². The summed E-state index contributed by atoms with van der Waals surface area (Å²) >= 11 is 1.41. The van der Waals surface area contributed by atoms with E-state index < -0.39 is 24.0 Å². The Bertz CT molecular complexity index is 2060. The Morgan fingerprint density at radius 1 is 0.944 bits per heavy atom. The summed E-state index contributed by atoms with van der Waals surface area (Å²) in [5.41, 5.74) is 10.1. The lowest BCUT2D eigenvalue weighted by molar-refractivity contribution is -0.119. The van der Waals surface area contributed by atoms with Crippen LogP contribution in [0.15, 0.2) is 131 Å². The van der Waals surface area contributed by atoms with Crippen molar-refractivity contribution < 1.29 is 23.5 Å². The molecule has 0 aliphatic carbocycles. The molecule has 1 fully saturated rings. The lowest BCUT2D eigenvalue weighted by Gasteiger charge is -2.37. The number of benzene rings is 3. The normalized spacial score (nSPS) is 17.6. The summed E-state index contributed by atoms with van der Waals surface area (Å²) in [6, 6.07) is 29.0. The number of para-hydroxylation sites is 1. The van der Waals surface area contributed by atoms with Gasteiger partial charge < -0.3 is 29.9 Å². The highest BCUT2D eigenvalue weighted by atomic mass is 32.2. The maximum absolute atomic E-state index is 13.8. The molecule has 1 aliphatic rings. The Balaban J connectivity index is 1.12. The van der Waals surface area contributed by atoms with Crippen LogP contribution in [0.2, 0.25) is 0 Å². The maximum Gasteiger partial charge on any atom is 0.414 e. The number of H-pyrrole nitrogens is 1. The highest BCUT2D eigenvalue weighted by molar-refractivity contribution is 7.99. The second-order valence-electron chi connectivity index (χ2n) is 12.7. The number of imidazole rings is 1. The molecular weight excluding hydrogens is 705 g/mol. The number of hydrogen-bond acceptors (Lipinski definition) is 11. The first-order valence-electron chi connectivity index (χ1n) is 17.6. The van der Waals surface area contributed by atoms with E-state index in [-0.39, 0.29) is 18.2 Å². The smallest absolute Gasteiger partial charge is 0.414 e. The van der Waals surface area contributed by atoms with Crippen molar-refractivity contribution in [3.63, 3.8) is 0 Å². The Morgan fingerprint density at radius 2 is 1.65 bits per heavy atom. The average Bonchev–Trinajstić information content (AvgIpc) is 3.94. The number of nitrogens with one attached hydrogen (secondary N) is 2. The number of morpholine rings is 1. The van der Waals surface area contributed by atoms with Crippen LogP contribution >= 0.6 is 11.8 Å². The Labute approximate surface area is 316 Å². The number of ether oxygens (including phenoxy) is 2. The van der Waals surface area contributed by atoms with Gasteiger partial charge in [0.05, 0.1) is 31.0 Å². The van der Waals surface area contributed by atoms with Crippen LogP contribution < -0.4 is 16.0 Å². The van der Waals surface area contributed by atoms with Crippen molar-refractivity contribution in [2.24, 2.45) is 5.73 Å². The van der Waals surface area contributed by atoms with E-state index in [2.05, 4.69) is 30.5 Å². The minimum Gasteiger partial charge on any atom is -0.452 e. The number of aryl methyl sites for hydroxylation is 1. The number of aromatic amines is 1. The van der Waals surface area contributed by atoms with Crippen LogP contribution in [-0.4, -0.2) is 74.8 Å². The van der Waals surface area contributed by atoms with E-state index in [0.717, 1.165) is 28.1 Å².